The third kappa shape index (κ3) is 3.09. The van der Waals surface area contributed by atoms with Gasteiger partial charge in [0.25, 0.3) is 0 Å². The lowest BCUT2D eigenvalue weighted by molar-refractivity contribution is 0.490. The first-order chi connectivity index (χ1) is 8.68. The average molecular weight is 265 g/mol. The van der Waals surface area contributed by atoms with Gasteiger partial charge in [-0.1, -0.05) is 29.8 Å². The second kappa shape index (κ2) is 5.98. The van der Waals surface area contributed by atoms with Crippen molar-refractivity contribution in [2.75, 3.05) is 0 Å². The maximum Gasteiger partial charge on any atom is 0.141 e. The molecule has 0 saturated carbocycles. The highest BCUT2D eigenvalue weighted by atomic mass is 35.5. The molecule has 0 atom stereocenters. The van der Waals surface area contributed by atoms with Gasteiger partial charge in [0.15, 0.2) is 0 Å². The summed E-state index contributed by atoms with van der Waals surface area (Å²) in [5.74, 6) is 0.942. The summed E-state index contributed by atoms with van der Waals surface area (Å²) in [6, 6.07) is 8.16. The first-order valence-electron chi connectivity index (χ1n) is 6.01. The molecule has 0 bridgehead atoms. The van der Waals surface area contributed by atoms with Crippen molar-refractivity contribution < 1.29 is 0 Å². The monoisotopic (exact) mass is 264 g/mol. The van der Waals surface area contributed by atoms with Crippen molar-refractivity contribution in [2.24, 2.45) is 0 Å². The Morgan fingerprint density at radius 3 is 2.78 bits per heavy atom. The van der Waals surface area contributed by atoms with Crippen LogP contribution in [0.4, 0.5) is 0 Å². The molecule has 0 unspecified atom stereocenters. The summed E-state index contributed by atoms with van der Waals surface area (Å²) in [6.07, 6.45) is 1.59. The molecule has 0 aliphatic heterocycles. The zero-order chi connectivity index (χ0) is 13.0. The van der Waals surface area contributed by atoms with Gasteiger partial charge in [0.2, 0.25) is 0 Å². The standard InChI is InChI=1S/C13H17ClN4/c1-10(2)18-13(16-9-17-18)8-15-7-11-5-3-4-6-12(11)14/h3-6,9-10,15H,7-8H2,1-2H3. The molecule has 1 heterocycles. The van der Waals surface area contributed by atoms with E-state index >= 15 is 0 Å². The maximum atomic E-state index is 6.09. The summed E-state index contributed by atoms with van der Waals surface area (Å²) in [5, 5.41) is 8.32. The van der Waals surface area contributed by atoms with Crippen molar-refractivity contribution in [1.82, 2.24) is 20.1 Å². The fourth-order valence-corrected chi connectivity index (χ4v) is 1.99. The smallest absolute Gasteiger partial charge is 0.141 e. The minimum Gasteiger partial charge on any atom is -0.306 e. The number of halogens is 1. The van der Waals surface area contributed by atoms with Gasteiger partial charge in [-0.25, -0.2) is 9.67 Å². The van der Waals surface area contributed by atoms with E-state index in [0.717, 1.165) is 23.0 Å². The van der Waals surface area contributed by atoms with E-state index in [0.29, 0.717) is 12.6 Å². The topological polar surface area (TPSA) is 42.7 Å². The Hall–Kier alpha value is -1.39. The van der Waals surface area contributed by atoms with Crippen LogP contribution >= 0.6 is 11.6 Å². The van der Waals surface area contributed by atoms with Crippen LogP contribution in [-0.2, 0) is 13.1 Å². The van der Waals surface area contributed by atoms with Crippen LogP contribution in [0.3, 0.4) is 0 Å². The van der Waals surface area contributed by atoms with Crippen LogP contribution in [-0.4, -0.2) is 14.8 Å². The number of rotatable bonds is 5. The van der Waals surface area contributed by atoms with Gasteiger partial charge in [-0.3, -0.25) is 0 Å². The Kier molecular flexibility index (Phi) is 4.33. The molecule has 0 aliphatic carbocycles. The molecule has 1 aromatic heterocycles. The summed E-state index contributed by atoms with van der Waals surface area (Å²) >= 11 is 6.09. The van der Waals surface area contributed by atoms with E-state index in [1.165, 1.54) is 0 Å². The molecule has 1 N–H and O–H groups in total. The van der Waals surface area contributed by atoms with Crippen molar-refractivity contribution in [3.63, 3.8) is 0 Å². The highest BCUT2D eigenvalue weighted by Crippen LogP contribution is 2.14. The molecule has 0 saturated heterocycles. The normalized spacial score (nSPS) is 11.1. The van der Waals surface area contributed by atoms with Gasteiger partial charge < -0.3 is 5.32 Å². The molecule has 18 heavy (non-hydrogen) atoms. The van der Waals surface area contributed by atoms with E-state index < -0.39 is 0 Å². The van der Waals surface area contributed by atoms with Gasteiger partial charge in [-0.15, -0.1) is 0 Å². The number of hydrogen-bond acceptors (Lipinski definition) is 3. The van der Waals surface area contributed by atoms with E-state index in [-0.39, 0.29) is 0 Å². The minimum atomic E-state index is 0.324. The van der Waals surface area contributed by atoms with Crippen LogP contribution in [0, 0.1) is 0 Å². The number of aromatic nitrogens is 3. The highest BCUT2D eigenvalue weighted by Gasteiger charge is 2.07. The van der Waals surface area contributed by atoms with Crippen molar-refractivity contribution >= 4 is 11.6 Å². The summed E-state index contributed by atoms with van der Waals surface area (Å²) < 4.78 is 1.92. The Morgan fingerprint density at radius 1 is 1.28 bits per heavy atom. The van der Waals surface area contributed by atoms with E-state index in [9.17, 15) is 0 Å². The van der Waals surface area contributed by atoms with E-state index in [4.69, 9.17) is 11.6 Å². The average Bonchev–Trinajstić information content (AvgIpc) is 2.80. The Labute approximate surface area is 112 Å². The molecule has 2 rings (SSSR count). The molecule has 5 heteroatoms. The van der Waals surface area contributed by atoms with Crippen LogP contribution in [0.5, 0.6) is 0 Å². The van der Waals surface area contributed by atoms with Crippen LogP contribution in [0.1, 0.15) is 31.3 Å². The first-order valence-corrected chi connectivity index (χ1v) is 6.39. The van der Waals surface area contributed by atoms with Gasteiger partial charge in [0.1, 0.15) is 12.2 Å². The third-order valence-electron chi connectivity index (χ3n) is 2.69. The third-order valence-corrected chi connectivity index (χ3v) is 3.06. The van der Waals surface area contributed by atoms with Crippen LogP contribution < -0.4 is 5.32 Å². The molecule has 0 amide bonds. The number of benzene rings is 1. The molecule has 4 nitrogen and oxygen atoms in total. The Balaban J connectivity index is 1.93. The van der Waals surface area contributed by atoms with E-state index in [1.54, 1.807) is 6.33 Å². The Morgan fingerprint density at radius 2 is 2.06 bits per heavy atom. The molecular formula is C13H17ClN4. The molecule has 0 radical (unpaired) electrons. The van der Waals surface area contributed by atoms with Gasteiger partial charge in [-0.2, -0.15) is 5.10 Å². The predicted molar refractivity (Wildman–Crippen MR) is 72.4 cm³/mol. The lowest BCUT2D eigenvalue weighted by Crippen LogP contribution is -2.18. The second-order valence-corrected chi connectivity index (χ2v) is 4.82. The molecule has 1 aromatic carbocycles. The van der Waals surface area contributed by atoms with Gasteiger partial charge in [0.05, 0.1) is 6.54 Å². The largest absolute Gasteiger partial charge is 0.306 e. The molecule has 96 valence electrons. The van der Waals surface area contributed by atoms with Gasteiger partial charge in [0, 0.05) is 17.6 Å². The van der Waals surface area contributed by atoms with E-state index in [2.05, 4.69) is 29.2 Å². The fourth-order valence-electron chi connectivity index (χ4n) is 1.78. The molecule has 2 aromatic rings. The first kappa shape index (κ1) is 13.1. The quantitative estimate of drug-likeness (QED) is 0.903. The number of nitrogens with one attached hydrogen (secondary N) is 1. The van der Waals surface area contributed by atoms with Crippen molar-refractivity contribution in [1.29, 1.82) is 0 Å². The summed E-state index contributed by atoms with van der Waals surface area (Å²) in [7, 11) is 0. The van der Waals surface area contributed by atoms with Crippen LogP contribution in [0.25, 0.3) is 0 Å². The van der Waals surface area contributed by atoms with Gasteiger partial charge in [-0.05, 0) is 25.5 Å². The van der Waals surface area contributed by atoms with Crippen molar-refractivity contribution in [2.45, 2.75) is 33.0 Å². The SMILES string of the molecule is CC(C)n1ncnc1CNCc1ccccc1Cl. The molecule has 0 spiro atoms. The molecule has 0 aliphatic rings. The highest BCUT2D eigenvalue weighted by molar-refractivity contribution is 6.31. The number of nitrogens with zero attached hydrogens (tertiary/aromatic N) is 3. The van der Waals surface area contributed by atoms with Crippen molar-refractivity contribution in [3.8, 4) is 0 Å². The molecular weight excluding hydrogens is 248 g/mol. The predicted octanol–water partition coefficient (Wildman–Crippen LogP) is 2.80. The summed E-state index contributed by atoms with van der Waals surface area (Å²) in [6.45, 7) is 5.59. The lowest BCUT2D eigenvalue weighted by Gasteiger charge is -2.10. The summed E-state index contributed by atoms with van der Waals surface area (Å²) in [5.41, 5.74) is 1.09. The zero-order valence-electron chi connectivity index (χ0n) is 10.6. The maximum absolute atomic E-state index is 6.09. The zero-order valence-corrected chi connectivity index (χ0v) is 11.4. The van der Waals surface area contributed by atoms with Crippen LogP contribution in [0.15, 0.2) is 30.6 Å². The lowest BCUT2D eigenvalue weighted by atomic mass is 10.2. The fraction of sp³-hybridized carbons (Fsp3) is 0.385. The Bertz CT molecular complexity index is 507. The second-order valence-electron chi connectivity index (χ2n) is 4.41. The minimum absolute atomic E-state index is 0.324. The molecule has 0 fully saturated rings. The number of hydrogen-bond donors (Lipinski definition) is 1. The van der Waals surface area contributed by atoms with E-state index in [1.807, 2.05) is 28.9 Å². The summed E-state index contributed by atoms with van der Waals surface area (Å²) in [4.78, 5) is 4.25. The van der Waals surface area contributed by atoms with Crippen LogP contribution in [0.2, 0.25) is 5.02 Å². The van der Waals surface area contributed by atoms with Crippen molar-refractivity contribution in [3.05, 3.63) is 47.0 Å². The van der Waals surface area contributed by atoms with Gasteiger partial charge >= 0.3 is 0 Å².